The Kier molecular flexibility index (Phi) is 7.91. The summed E-state index contributed by atoms with van der Waals surface area (Å²) in [6.45, 7) is 12.7. The maximum atomic E-state index is 5.79. The smallest absolute Gasteiger partial charge is 0.194 e. The lowest BCUT2D eigenvalue weighted by Gasteiger charge is -2.35. The molecule has 2 aliphatic heterocycles. The lowest BCUT2D eigenvalue weighted by Crippen LogP contribution is -2.47. The van der Waals surface area contributed by atoms with Gasteiger partial charge in [-0.1, -0.05) is 6.07 Å². The Morgan fingerprint density at radius 1 is 1.18 bits per heavy atom. The fraction of sp³-hybridized carbons (Fsp3) is 0.714. The predicted molar refractivity (Wildman–Crippen MR) is 115 cm³/mol. The van der Waals surface area contributed by atoms with Crippen LogP contribution in [0.25, 0.3) is 0 Å². The first kappa shape index (κ1) is 20.9. The summed E-state index contributed by atoms with van der Waals surface area (Å²) in [5.41, 5.74) is 1.20. The summed E-state index contributed by atoms with van der Waals surface area (Å²) in [6, 6.07) is 4.18. The molecule has 0 amide bonds. The van der Waals surface area contributed by atoms with Crippen LogP contribution in [-0.4, -0.2) is 86.3 Å². The van der Waals surface area contributed by atoms with Crippen molar-refractivity contribution in [3.8, 4) is 0 Å². The van der Waals surface area contributed by atoms with Crippen molar-refractivity contribution in [1.29, 1.82) is 0 Å². The van der Waals surface area contributed by atoms with Crippen LogP contribution in [0.15, 0.2) is 23.3 Å². The molecule has 1 aromatic heterocycles. The van der Waals surface area contributed by atoms with Crippen LogP contribution in [0.2, 0.25) is 0 Å². The van der Waals surface area contributed by atoms with Crippen molar-refractivity contribution in [2.75, 3.05) is 64.4 Å². The number of likely N-dealkylation sites (tertiary alicyclic amines) is 1. The number of rotatable bonds is 6. The summed E-state index contributed by atoms with van der Waals surface area (Å²) in [6.07, 6.45) is 4.42. The van der Waals surface area contributed by atoms with E-state index < -0.39 is 0 Å². The number of aromatic nitrogens is 1. The van der Waals surface area contributed by atoms with Crippen LogP contribution in [0.4, 0.5) is 5.82 Å². The Bertz CT molecular complexity index is 621. The van der Waals surface area contributed by atoms with E-state index in [9.17, 15) is 0 Å². The van der Waals surface area contributed by atoms with Crippen molar-refractivity contribution in [3.05, 3.63) is 23.9 Å². The molecule has 0 unspecified atom stereocenters. The molecule has 3 rings (SSSR count). The minimum atomic E-state index is 0.395. The second-order valence-electron chi connectivity index (χ2n) is 7.59. The molecule has 7 heteroatoms. The molecule has 3 heterocycles. The van der Waals surface area contributed by atoms with Gasteiger partial charge in [0.15, 0.2) is 5.96 Å². The summed E-state index contributed by atoms with van der Waals surface area (Å²) in [5.74, 6) is 2.09. The Morgan fingerprint density at radius 2 is 1.93 bits per heavy atom. The number of piperazine rings is 1. The number of hydrogen-bond acceptors (Lipinski definition) is 5. The number of likely N-dealkylation sites (N-methyl/N-ethyl adjacent to an activating group) is 1. The van der Waals surface area contributed by atoms with Crippen molar-refractivity contribution in [2.24, 2.45) is 4.99 Å². The summed E-state index contributed by atoms with van der Waals surface area (Å²) < 4.78 is 5.79. The van der Waals surface area contributed by atoms with Crippen LogP contribution in [0.1, 0.15) is 32.3 Å². The molecule has 0 spiro atoms. The molecule has 0 radical (unpaired) electrons. The average Bonchev–Trinajstić information content (AvgIpc) is 2.73. The molecule has 1 N–H and O–H groups in total. The number of aliphatic imine (C=N–C) groups is 1. The van der Waals surface area contributed by atoms with Crippen molar-refractivity contribution in [3.63, 3.8) is 0 Å². The summed E-state index contributed by atoms with van der Waals surface area (Å²) >= 11 is 0. The lowest BCUT2D eigenvalue weighted by molar-refractivity contribution is 0.0263. The molecule has 0 atom stereocenters. The van der Waals surface area contributed by atoms with Crippen molar-refractivity contribution >= 4 is 11.8 Å². The van der Waals surface area contributed by atoms with Gasteiger partial charge in [0, 0.05) is 64.2 Å². The minimum Gasteiger partial charge on any atom is -0.378 e. The number of pyridine rings is 1. The van der Waals surface area contributed by atoms with Crippen molar-refractivity contribution < 1.29 is 4.74 Å². The summed E-state index contributed by atoms with van der Waals surface area (Å²) in [5, 5.41) is 3.47. The Morgan fingerprint density at radius 3 is 2.61 bits per heavy atom. The Balaban J connectivity index is 1.66. The van der Waals surface area contributed by atoms with E-state index in [1.807, 2.05) is 12.3 Å². The van der Waals surface area contributed by atoms with E-state index >= 15 is 0 Å². The third kappa shape index (κ3) is 5.58. The van der Waals surface area contributed by atoms with Gasteiger partial charge >= 0.3 is 0 Å². The van der Waals surface area contributed by atoms with Crippen LogP contribution in [0.3, 0.4) is 0 Å². The SMILES string of the molecule is CCNC(=NCc1cccnc1N1CCN(C)CC1)N1CCC(OCC)CC1. The monoisotopic (exact) mass is 388 g/mol. The van der Waals surface area contributed by atoms with E-state index in [0.29, 0.717) is 12.6 Å². The third-order valence-corrected chi connectivity index (χ3v) is 5.55. The van der Waals surface area contributed by atoms with E-state index in [-0.39, 0.29) is 0 Å². The standard InChI is InChI=1S/C21H36N6O/c1-4-22-21(27-11-8-19(9-12-27)28-5-2)24-17-18-7-6-10-23-20(18)26-15-13-25(3)14-16-26/h6-7,10,19H,4-5,8-9,11-17H2,1-3H3,(H,22,24). The zero-order chi connectivity index (χ0) is 19.8. The van der Waals surface area contributed by atoms with Crippen LogP contribution in [-0.2, 0) is 11.3 Å². The number of guanidine groups is 1. The van der Waals surface area contributed by atoms with E-state index in [4.69, 9.17) is 9.73 Å². The molecular weight excluding hydrogens is 352 g/mol. The van der Waals surface area contributed by atoms with Crippen LogP contribution >= 0.6 is 0 Å². The van der Waals surface area contributed by atoms with Gasteiger partial charge in [-0.2, -0.15) is 0 Å². The van der Waals surface area contributed by atoms with E-state index in [2.05, 4.69) is 52.0 Å². The normalized spacial score (nSPS) is 19.9. The molecule has 156 valence electrons. The first-order chi connectivity index (χ1) is 13.7. The first-order valence-corrected chi connectivity index (χ1v) is 10.7. The van der Waals surface area contributed by atoms with Crippen molar-refractivity contribution in [2.45, 2.75) is 39.3 Å². The largest absolute Gasteiger partial charge is 0.378 e. The van der Waals surface area contributed by atoms with Gasteiger partial charge in [-0.3, -0.25) is 0 Å². The Hall–Kier alpha value is -1.86. The zero-order valence-corrected chi connectivity index (χ0v) is 17.7. The number of piperidine rings is 1. The fourth-order valence-corrected chi connectivity index (χ4v) is 3.91. The molecule has 1 aromatic rings. The second-order valence-corrected chi connectivity index (χ2v) is 7.59. The van der Waals surface area contributed by atoms with Gasteiger partial charge in [-0.15, -0.1) is 0 Å². The lowest BCUT2D eigenvalue weighted by atomic mass is 10.1. The highest BCUT2D eigenvalue weighted by Gasteiger charge is 2.22. The highest BCUT2D eigenvalue weighted by atomic mass is 16.5. The van der Waals surface area contributed by atoms with Gasteiger partial charge in [0.1, 0.15) is 5.82 Å². The highest BCUT2D eigenvalue weighted by molar-refractivity contribution is 5.80. The number of nitrogens with one attached hydrogen (secondary N) is 1. The maximum absolute atomic E-state index is 5.79. The molecular formula is C21H36N6O. The average molecular weight is 389 g/mol. The molecule has 0 aromatic carbocycles. The van der Waals surface area contributed by atoms with Gasteiger partial charge in [0.05, 0.1) is 12.6 Å². The van der Waals surface area contributed by atoms with Crippen molar-refractivity contribution in [1.82, 2.24) is 20.1 Å². The topological polar surface area (TPSA) is 56.2 Å². The molecule has 2 saturated heterocycles. The maximum Gasteiger partial charge on any atom is 0.194 e. The van der Waals surface area contributed by atoms with E-state index in [0.717, 1.165) is 77.0 Å². The van der Waals surface area contributed by atoms with Gasteiger partial charge < -0.3 is 24.8 Å². The number of nitrogens with zero attached hydrogens (tertiary/aromatic N) is 5. The second kappa shape index (κ2) is 10.6. The quantitative estimate of drug-likeness (QED) is 0.592. The highest BCUT2D eigenvalue weighted by Crippen LogP contribution is 2.20. The van der Waals surface area contributed by atoms with Gasteiger partial charge in [0.2, 0.25) is 0 Å². The summed E-state index contributed by atoms with van der Waals surface area (Å²) in [4.78, 5) is 16.8. The van der Waals surface area contributed by atoms with Gasteiger partial charge in [-0.25, -0.2) is 9.98 Å². The van der Waals surface area contributed by atoms with Crippen LogP contribution < -0.4 is 10.2 Å². The first-order valence-electron chi connectivity index (χ1n) is 10.7. The molecule has 2 fully saturated rings. The fourth-order valence-electron chi connectivity index (χ4n) is 3.91. The number of hydrogen-bond donors (Lipinski definition) is 1. The number of ether oxygens (including phenoxy) is 1. The minimum absolute atomic E-state index is 0.395. The van der Waals surface area contributed by atoms with Crippen LogP contribution in [0.5, 0.6) is 0 Å². The summed E-state index contributed by atoms with van der Waals surface area (Å²) in [7, 11) is 2.18. The zero-order valence-electron chi connectivity index (χ0n) is 17.7. The molecule has 7 nitrogen and oxygen atoms in total. The number of anilines is 1. The Labute approximate surface area is 169 Å². The molecule has 0 bridgehead atoms. The van der Waals surface area contributed by atoms with E-state index in [1.165, 1.54) is 5.56 Å². The van der Waals surface area contributed by atoms with Gasteiger partial charge in [0.25, 0.3) is 0 Å². The predicted octanol–water partition coefficient (Wildman–Crippen LogP) is 1.80. The molecule has 2 aliphatic rings. The van der Waals surface area contributed by atoms with E-state index in [1.54, 1.807) is 0 Å². The molecule has 0 saturated carbocycles. The van der Waals surface area contributed by atoms with Crippen LogP contribution in [0, 0.1) is 0 Å². The molecule has 0 aliphatic carbocycles. The van der Waals surface area contributed by atoms with Gasteiger partial charge in [-0.05, 0) is 39.8 Å². The molecule has 28 heavy (non-hydrogen) atoms. The third-order valence-electron chi connectivity index (χ3n) is 5.55.